The summed E-state index contributed by atoms with van der Waals surface area (Å²) in [7, 11) is 0. The summed E-state index contributed by atoms with van der Waals surface area (Å²) in [5.41, 5.74) is 2.56. The molecule has 1 aliphatic carbocycles. The van der Waals surface area contributed by atoms with Gasteiger partial charge in [-0.1, -0.05) is 26.8 Å². The first-order chi connectivity index (χ1) is 6.75. The molecule has 1 unspecified atom stereocenters. The monoisotopic (exact) mass is 194 g/mol. The Hall–Kier alpha value is -0.850. The van der Waals surface area contributed by atoms with Crippen molar-refractivity contribution in [3.05, 3.63) is 35.1 Å². The molecule has 1 atom stereocenters. The second-order valence-corrected chi connectivity index (χ2v) is 3.76. The molecule has 0 bridgehead atoms. The lowest BCUT2D eigenvalue weighted by Crippen LogP contribution is -2.11. The van der Waals surface area contributed by atoms with Crippen LogP contribution in [-0.4, -0.2) is 0 Å². The summed E-state index contributed by atoms with van der Waals surface area (Å²) in [6.07, 6.45) is 3.38. The summed E-state index contributed by atoms with van der Waals surface area (Å²) in [4.78, 5) is 0. The molecular weight excluding hydrogens is 175 g/mol. The van der Waals surface area contributed by atoms with Gasteiger partial charge in [-0.15, -0.1) is 0 Å². The number of halogens is 1. The summed E-state index contributed by atoms with van der Waals surface area (Å²) in [6, 6.07) is 5.18. The lowest BCUT2D eigenvalue weighted by molar-refractivity contribution is 0.497. The van der Waals surface area contributed by atoms with Crippen molar-refractivity contribution in [1.82, 2.24) is 0 Å². The zero-order valence-corrected chi connectivity index (χ0v) is 9.31. The van der Waals surface area contributed by atoms with Gasteiger partial charge in [0.1, 0.15) is 5.82 Å². The van der Waals surface area contributed by atoms with E-state index in [1.165, 1.54) is 17.5 Å². The van der Waals surface area contributed by atoms with E-state index in [-0.39, 0.29) is 5.82 Å². The fourth-order valence-electron chi connectivity index (χ4n) is 1.91. The maximum atomic E-state index is 12.8. The summed E-state index contributed by atoms with van der Waals surface area (Å²) >= 11 is 0. The maximum Gasteiger partial charge on any atom is 0.123 e. The average Bonchev–Trinajstić information content (AvgIpc) is 2.21. The van der Waals surface area contributed by atoms with Crippen LogP contribution in [0.1, 0.15) is 38.3 Å². The van der Waals surface area contributed by atoms with Crippen molar-refractivity contribution in [2.45, 2.75) is 40.0 Å². The van der Waals surface area contributed by atoms with E-state index >= 15 is 0 Å². The van der Waals surface area contributed by atoms with Crippen LogP contribution in [0.4, 0.5) is 4.39 Å². The van der Waals surface area contributed by atoms with Crippen LogP contribution >= 0.6 is 0 Å². The molecule has 0 fully saturated rings. The Bertz CT molecular complexity index is 291. The van der Waals surface area contributed by atoms with E-state index in [1.807, 2.05) is 19.9 Å². The van der Waals surface area contributed by atoms with Gasteiger partial charge in [0.25, 0.3) is 0 Å². The fourth-order valence-corrected chi connectivity index (χ4v) is 1.91. The highest BCUT2D eigenvalue weighted by atomic mass is 19.1. The minimum absolute atomic E-state index is 0.0942. The second-order valence-electron chi connectivity index (χ2n) is 3.76. The molecule has 0 amide bonds. The largest absolute Gasteiger partial charge is 0.207 e. The van der Waals surface area contributed by atoms with Crippen LogP contribution < -0.4 is 0 Å². The van der Waals surface area contributed by atoms with E-state index < -0.39 is 0 Å². The SMILES string of the molecule is CC.CC1CCc2cc(F)ccc2C1. The second kappa shape index (κ2) is 5.14. The lowest BCUT2D eigenvalue weighted by atomic mass is 9.85. The molecule has 0 nitrogen and oxygen atoms in total. The molecule has 14 heavy (non-hydrogen) atoms. The van der Waals surface area contributed by atoms with Gasteiger partial charge >= 0.3 is 0 Å². The molecule has 0 saturated heterocycles. The molecule has 2 rings (SSSR count). The third-order valence-electron chi connectivity index (χ3n) is 2.64. The van der Waals surface area contributed by atoms with Gasteiger partial charge in [-0.25, -0.2) is 4.39 Å². The van der Waals surface area contributed by atoms with E-state index in [0.717, 1.165) is 18.8 Å². The zero-order chi connectivity index (χ0) is 10.6. The molecule has 1 heteroatoms. The van der Waals surface area contributed by atoms with E-state index in [0.29, 0.717) is 0 Å². The van der Waals surface area contributed by atoms with Crippen LogP contribution in [0.2, 0.25) is 0 Å². The first kappa shape index (κ1) is 11.2. The van der Waals surface area contributed by atoms with Gasteiger partial charge < -0.3 is 0 Å². The predicted molar refractivity (Wildman–Crippen MR) is 58.9 cm³/mol. The molecule has 0 heterocycles. The van der Waals surface area contributed by atoms with Crippen molar-refractivity contribution in [2.75, 3.05) is 0 Å². The van der Waals surface area contributed by atoms with Crippen LogP contribution in [0.3, 0.4) is 0 Å². The fraction of sp³-hybridized carbons (Fsp3) is 0.538. The van der Waals surface area contributed by atoms with Crippen molar-refractivity contribution < 1.29 is 4.39 Å². The molecule has 0 spiro atoms. The molecule has 1 aliphatic rings. The van der Waals surface area contributed by atoms with E-state index in [4.69, 9.17) is 0 Å². The Balaban J connectivity index is 0.000000461. The highest BCUT2D eigenvalue weighted by Crippen LogP contribution is 2.25. The summed E-state index contributed by atoms with van der Waals surface area (Å²) in [5.74, 6) is 0.672. The molecule has 0 N–H and O–H groups in total. The van der Waals surface area contributed by atoms with Crippen LogP contribution in [-0.2, 0) is 12.8 Å². The molecule has 0 radical (unpaired) electrons. The Morgan fingerprint density at radius 3 is 2.64 bits per heavy atom. The summed E-state index contributed by atoms with van der Waals surface area (Å²) in [6.45, 7) is 6.26. The molecule has 0 aliphatic heterocycles. The molecule has 1 aromatic rings. The number of aryl methyl sites for hydroxylation is 1. The Labute approximate surface area is 86.2 Å². The average molecular weight is 194 g/mol. The summed E-state index contributed by atoms with van der Waals surface area (Å²) < 4.78 is 12.8. The van der Waals surface area contributed by atoms with Gasteiger partial charge in [-0.2, -0.15) is 0 Å². The third-order valence-corrected chi connectivity index (χ3v) is 2.64. The lowest BCUT2D eigenvalue weighted by Gasteiger charge is -2.20. The quantitative estimate of drug-likeness (QED) is 0.586. The zero-order valence-electron chi connectivity index (χ0n) is 9.31. The van der Waals surface area contributed by atoms with Crippen LogP contribution in [0.5, 0.6) is 0 Å². The smallest absolute Gasteiger partial charge is 0.123 e. The first-order valence-electron chi connectivity index (χ1n) is 5.53. The number of hydrogen-bond acceptors (Lipinski definition) is 0. The highest BCUT2D eigenvalue weighted by Gasteiger charge is 2.14. The molecular formula is C13H19F. The maximum absolute atomic E-state index is 12.8. The van der Waals surface area contributed by atoms with Crippen LogP contribution in [0, 0.1) is 11.7 Å². The van der Waals surface area contributed by atoms with Crippen LogP contribution in [0.15, 0.2) is 18.2 Å². The normalized spacial score (nSPS) is 19.3. The Morgan fingerprint density at radius 2 is 1.93 bits per heavy atom. The van der Waals surface area contributed by atoms with Gasteiger partial charge in [0.05, 0.1) is 0 Å². The van der Waals surface area contributed by atoms with Gasteiger partial charge in [0.2, 0.25) is 0 Å². The van der Waals surface area contributed by atoms with E-state index in [1.54, 1.807) is 12.1 Å². The number of benzene rings is 1. The van der Waals surface area contributed by atoms with E-state index in [9.17, 15) is 4.39 Å². The standard InChI is InChI=1S/C11H13F.C2H6/c1-8-2-3-10-7-11(12)5-4-9(10)6-8;1-2/h4-5,7-8H,2-3,6H2,1H3;1-2H3. The van der Waals surface area contributed by atoms with Gasteiger partial charge in [-0.3, -0.25) is 0 Å². The highest BCUT2D eigenvalue weighted by molar-refractivity contribution is 5.30. The number of fused-ring (bicyclic) bond motifs is 1. The van der Waals surface area contributed by atoms with E-state index in [2.05, 4.69) is 6.92 Å². The Morgan fingerprint density at radius 1 is 1.21 bits per heavy atom. The van der Waals surface area contributed by atoms with Gasteiger partial charge in [0.15, 0.2) is 0 Å². The van der Waals surface area contributed by atoms with Crippen molar-refractivity contribution in [1.29, 1.82) is 0 Å². The predicted octanol–water partition coefficient (Wildman–Crippen LogP) is 3.98. The molecule has 0 aromatic heterocycles. The first-order valence-corrected chi connectivity index (χ1v) is 5.53. The molecule has 78 valence electrons. The summed E-state index contributed by atoms with van der Waals surface area (Å²) in [5, 5.41) is 0. The number of rotatable bonds is 0. The molecule has 0 saturated carbocycles. The van der Waals surface area contributed by atoms with Crippen molar-refractivity contribution in [3.63, 3.8) is 0 Å². The van der Waals surface area contributed by atoms with Crippen molar-refractivity contribution in [2.24, 2.45) is 5.92 Å². The van der Waals surface area contributed by atoms with Gasteiger partial charge in [-0.05, 0) is 48.4 Å². The van der Waals surface area contributed by atoms with Crippen molar-refractivity contribution >= 4 is 0 Å². The minimum atomic E-state index is -0.0942. The Kier molecular flexibility index (Phi) is 4.12. The van der Waals surface area contributed by atoms with Crippen LogP contribution in [0.25, 0.3) is 0 Å². The van der Waals surface area contributed by atoms with Crippen molar-refractivity contribution in [3.8, 4) is 0 Å². The minimum Gasteiger partial charge on any atom is -0.207 e. The van der Waals surface area contributed by atoms with Gasteiger partial charge in [0, 0.05) is 0 Å². The number of hydrogen-bond donors (Lipinski definition) is 0. The third kappa shape index (κ3) is 2.57. The molecule has 1 aromatic carbocycles. The topological polar surface area (TPSA) is 0 Å².